The average molecular weight is 198 g/mol. The summed E-state index contributed by atoms with van der Waals surface area (Å²) in [4.78, 5) is 0. The third-order valence-corrected chi connectivity index (χ3v) is 4.20. The maximum absolute atomic E-state index is 10.0. The zero-order chi connectivity index (χ0) is 10.9. The molecule has 0 bridgehead atoms. The summed E-state index contributed by atoms with van der Waals surface area (Å²) >= 11 is 0. The van der Waals surface area contributed by atoms with Gasteiger partial charge in [-0.15, -0.1) is 0 Å². The van der Waals surface area contributed by atoms with Gasteiger partial charge in [0.15, 0.2) is 0 Å². The molecular weight excluding hydrogens is 172 g/mol. The van der Waals surface area contributed by atoms with Crippen molar-refractivity contribution in [1.82, 2.24) is 0 Å². The zero-order valence-electron chi connectivity index (χ0n) is 10.3. The lowest BCUT2D eigenvalue weighted by Crippen LogP contribution is -2.38. The summed E-state index contributed by atoms with van der Waals surface area (Å²) in [5, 5.41) is 10.0. The summed E-state index contributed by atoms with van der Waals surface area (Å²) in [7, 11) is 0. The van der Waals surface area contributed by atoms with Crippen LogP contribution in [0.2, 0.25) is 0 Å². The molecule has 0 spiro atoms. The number of hydrogen-bond acceptors (Lipinski definition) is 1. The number of hydrogen-bond donors (Lipinski definition) is 1. The molecule has 0 heterocycles. The van der Waals surface area contributed by atoms with Gasteiger partial charge in [0.2, 0.25) is 0 Å². The molecule has 1 nitrogen and oxygen atoms in total. The van der Waals surface area contributed by atoms with Crippen molar-refractivity contribution in [1.29, 1.82) is 0 Å². The van der Waals surface area contributed by atoms with Crippen molar-refractivity contribution >= 4 is 0 Å². The Kier molecular flexibility index (Phi) is 4.00. The first kappa shape index (κ1) is 12.0. The molecule has 84 valence electrons. The third kappa shape index (κ3) is 2.50. The summed E-state index contributed by atoms with van der Waals surface area (Å²) in [6, 6.07) is 0. The molecule has 0 aliphatic heterocycles. The van der Waals surface area contributed by atoms with E-state index >= 15 is 0 Å². The molecule has 1 rings (SSSR count). The van der Waals surface area contributed by atoms with Crippen LogP contribution in [0.3, 0.4) is 0 Å². The largest absolute Gasteiger partial charge is 0.393 e. The Bertz CT molecular complexity index is 174. The van der Waals surface area contributed by atoms with E-state index in [9.17, 15) is 5.11 Å². The summed E-state index contributed by atoms with van der Waals surface area (Å²) in [5.41, 5.74) is 0. The second-order valence-electron chi connectivity index (χ2n) is 5.81. The maximum Gasteiger partial charge on any atom is 0.0571 e. The van der Waals surface area contributed by atoms with E-state index in [0.29, 0.717) is 17.8 Å². The molecule has 1 aliphatic rings. The molecule has 1 heteroatoms. The monoisotopic (exact) mass is 198 g/mol. The summed E-state index contributed by atoms with van der Waals surface area (Å²) in [6.07, 6.45) is 2.26. The first-order chi connectivity index (χ1) is 6.43. The van der Waals surface area contributed by atoms with Gasteiger partial charge >= 0.3 is 0 Å². The van der Waals surface area contributed by atoms with Crippen LogP contribution in [0.15, 0.2) is 0 Å². The minimum absolute atomic E-state index is 0.0662. The number of aliphatic hydroxyl groups is 1. The van der Waals surface area contributed by atoms with Crippen molar-refractivity contribution in [2.45, 2.75) is 53.6 Å². The van der Waals surface area contributed by atoms with E-state index in [1.165, 1.54) is 6.42 Å². The van der Waals surface area contributed by atoms with Gasteiger partial charge in [-0.25, -0.2) is 0 Å². The van der Waals surface area contributed by atoms with Gasteiger partial charge < -0.3 is 5.11 Å². The SMILES string of the molecule is CC(C)[C@@H]1C[C@H](O)[C@@H](C)[C@H](C(C)C)C1. The van der Waals surface area contributed by atoms with E-state index < -0.39 is 0 Å². The normalized spacial score (nSPS) is 39.4. The van der Waals surface area contributed by atoms with Crippen molar-refractivity contribution in [2.24, 2.45) is 29.6 Å². The first-order valence-corrected chi connectivity index (χ1v) is 6.11. The molecule has 1 N–H and O–H groups in total. The van der Waals surface area contributed by atoms with E-state index in [1.54, 1.807) is 0 Å². The molecule has 14 heavy (non-hydrogen) atoms. The summed E-state index contributed by atoms with van der Waals surface area (Å²) in [6.45, 7) is 11.4. The van der Waals surface area contributed by atoms with Crippen molar-refractivity contribution in [2.75, 3.05) is 0 Å². The highest BCUT2D eigenvalue weighted by Crippen LogP contribution is 2.40. The van der Waals surface area contributed by atoms with Crippen molar-refractivity contribution in [3.8, 4) is 0 Å². The Morgan fingerprint density at radius 1 is 1.00 bits per heavy atom. The molecule has 0 radical (unpaired) electrons. The number of rotatable bonds is 2. The minimum atomic E-state index is -0.0662. The van der Waals surface area contributed by atoms with Gasteiger partial charge in [-0.2, -0.15) is 0 Å². The lowest BCUT2D eigenvalue weighted by Gasteiger charge is -2.41. The summed E-state index contributed by atoms with van der Waals surface area (Å²) < 4.78 is 0. The van der Waals surface area contributed by atoms with Crippen LogP contribution in [-0.4, -0.2) is 11.2 Å². The lowest BCUT2D eigenvalue weighted by molar-refractivity contribution is -0.0112. The highest BCUT2D eigenvalue weighted by atomic mass is 16.3. The fraction of sp³-hybridized carbons (Fsp3) is 1.00. The summed E-state index contributed by atoms with van der Waals surface area (Å²) in [5.74, 6) is 3.37. The van der Waals surface area contributed by atoms with Gasteiger partial charge in [0.25, 0.3) is 0 Å². The van der Waals surface area contributed by atoms with E-state index in [0.717, 1.165) is 18.3 Å². The van der Waals surface area contributed by atoms with Crippen molar-refractivity contribution in [3.63, 3.8) is 0 Å². The van der Waals surface area contributed by atoms with Gasteiger partial charge in [-0.05, 0) is 42.4 Å². The van der Waals surface area contributed by atoms with Crippen LogP contribution in [0.5, 0.6) is 0 Å². The second-order valence-corrected chi connectivity index (χ2v) is 5.81. The standard InChI is InChI=1S/C13H26O/c1-8(2)11-6-12(9(3)4)10(5)13(14)7-11/h8-14H,6-7H2,1-5H3/t10-,11-,12-,13-/m0/s1. The Morgan fingerprint density at radius 2 is 1.57 bits per heavy atom. The van der Waals surface area contributed by atoms with E-state index in [2.05, 4.69) is 34.6 Å². The number of aliphatic hydroxyl groups excluding tert-OH is 1. The predicted octanol–water partition coefficient (Wildman–Crippen LogP) is 3.32. The van der Waals surface area contributed by atoms with Gasteiger partial charge in [0.05, 0.1) is 6.10 Å². The molecule has 0 aromatic rings. The highest BCUT2D eigenvalue weighted by Gasteiger charge is 2.36. The molecule has 0 amide bonds. The first-order valence-electron chi connectivity index (χ1n) is 6.11. The Balaban J connectivity index is 2.66. The maximum atomic E-state index is 10.0. The van der Waals surface area contributed by atoms with E-state index in [-0.39, 0.29) is 6.10 Å². The molecule has 4 atom stereocenters. The van der Waals surface area contributed by atoms with Crippen LogP contribution in [0.1, 0.15) is 47.5 Å². The van der Waals surface area contributed by atoms with Crippen LogP contribution in [-0.2, 0) is 0 Å². The van der Waals surface area contributed by atoms with Gasteiger partial charge in [-0.3, -0.25) is 0 Å². The zero-order valence-corrected chi connectivity index (χ0v) is 10.3. The van der Waals surface area contributed by atoms with Gasteiger partial charge in [0, 0.05) is 0 Å². The lowest BCUT2D eigenvalue weighted by atomic mass is 9.66. The predicted molar refractivity (Wildman–Crippen MR) is 61.1 cm³/mol. The molecule has 0 unspecified atom stereocenters. The minimum Gasteiger partial charge on any atom is -0.393 e. The molecule has 0 aromatic heterocycles. The smallest absolute Gasteiger partial charge is 0.0571 e. The molecule has 1 fully saturated rings. The Morgan fingerprint density at radius 3 is 2.00 bits per heavy atom. The Hall–Kier alpha value is -0.0400. The fourth-order valence-corrected chi connectivity index (χ4v) is 2.89. The Labute approximate surface area is 88.9 Å². The van der Waals surface area contributed by atoms with Crippen LogP contribution in [0.25, 0.3) is 0 Å². The van der Waals surface area contributed by atoms with Crippen LogP contribution in [0.4, 0.5) is 0 Å². The van der Waals surface area contributed by atoms with Crippen LogP contribution in [0, 0.1) is 29.6 Å². The van der Waals surface area contributed by atoms with E-state index in [4.69, 9.17) is 0 Å². The molecule has 0 aromatic carbocycles. The topological polar surface area (TPSA) is 20.2 Å². The molecule has 0 saturated heterocycles. The van der Waals surface area contributed by atoms with Crippen LogP contribution < -0.4 is 0 Å². The van der Waals surface area contributed by atoms with Gasteiger partial charge in [0.1, 0.15) is 0 Å². The van der Waals surface area contributed by atoms with Crippen molar-refractivity contribution < 1.29 is 5.11 Å². The molecular formula is C13H26O. The third-order valence-electron chi connectivity index (χ3n) is 4.20. The molecule has 1 saturated carbocycles. The second kappa shape index (κ2) is 4.65. The fourth-order valence-electron chi connectivity index (χ4n) is 2.89. The highest BCUT2D eigenvalue weighted by molar-refractivity contribution is 4.86. The van der Waals surface area contributed by atoms with Crippen molar-refractivity contribution in [3.05, 3.63) is 0 Å². The average Bonchev–Trinajstić information content (AvgIpc) is 2.08. The van der Waals surface area contributed by atoms with Gasteiger partial charge in [-0.1, -0.05) is 34.6 Å². The molecule has 1 aliphatic carbocycles. The van der Waals surface area contributed by atoms with E-state index in [1.807, 2.05) is 0 Å². The van der Waals surface area contributed by atoms with Crippen LogP contribution >= 0.6 is 0 Å². The quantitative estimate of drug-likeness (QED) is 0.721.